The van der Waals surface area contributed by atoms with E-state index in [1.54, 1.807) is 73.3 Å². The number of fused-ring (bicyclic) bond motifs is 5. The topological polar surface area (TPSA) is 252 Å². The van der Waals surface area contributed by atoms with Gasteiger partial charge in [-0.2, -0.15) is 5.10 Å². The first-order valence-corrected chi connectivity index (χ1v) is 23.2. The van der Waals surface area contributed by atoms with Crippen LogP contribution in [0.5, 0.6) is 17.5 Å². The smallest absolute Gasteiger partial charge is 0.308 e. The van der Waals surface area contributed by atoms with Gasteiger partial charge in [0.15, 0.2) is 11.8 Å². The lowest BCUT2D eigenvalue weighted by Gasteiger charge is -2.22. The van der Waals surface area contributed by atoms with E-state index in [4.69, 9.17) is 16.3 Å². The monoisotopic (exact) mass is 969 g/mol. The van der Waals surface area contributed by atoms with Crippen LogP contribution in [0.15, 0.2) is 90.0 Å². The molecule has 19 heteroatoms. The van der Waals surface area contributed by atoms with Crippen LogP contribution < -0.4 is 31.0 Å². The van der Waals surface area contributed by atoms with E-state index < -0.39 is 29.7 Å². The molecule has 0 saturated heterocycles. The second kappa shape index (κ2) is 20.2. The highest BCUT2D eigenvalue weighted by atomic mass is 35.5. The van der Waals surface area contributed by atoms with Crippen molar-refractivity contribution in [1.82, 2.24) is 25.3 Å². The van der Waals surface area contributed by atoms with Gasteiger partial charge in [-0.3, -0.25) is 33.3 Å². The summed E-state index contributed by atoms with van der Waals surface area (Å²) in [4.78, 5) is 86.5. The number of aromatic amines is 2. The Morgan fingerprint density at radius 2 is 1.47 bits per heavy atom. The van der Waals surface area contributed by atoms with Crippen molar-refractivity contribution in [3.05, 3.63) is 107 Å². The number of rotatable bonds is 16. The third-order valence-corrected chi connectivity index (χ3v) is 12.6. The molecule has 1 aliphatic rings. The summed E-state index contributed by atoms with van der Waals surface area (Å²) < 4.78 is 6.79. The maximum atomic E-state index is 14.2. The molecule has 0 fully saturated rings. The molecule has 7 aromatic rings. The van der Waals surface area contributed by atoms with Crippen molar-refractivity contribution in [2.75, 3.05) is 28.0 Å². The molecule has 1 unspecified atom stereocenters. The molecular weight excluding hydrogens is 918 g/mol. The lowest BCUT2D eigenvalue weighted by molar-refractivity contribution is -0.131. The number of halogens is 1. The molecule has 8 rings (SSSR count). The Morgan fingerprint density at radius 3 is 2.11 bits per heavy atom. The number of nitrogens with zero attached hydrogens (tertiary/aromatic N) is 3. The van der Waals surface area contributed by atoms with Crippen LogP contribution in [0.2, 0.25) is 0 Å². The zero-order valence-corrected chi connectivity index (χ0v) is 39.8. The predicted octanol–water partition coefficient (Wildman–Crippen LogP) is 7.93. The number of hydrogen-bond acceptors (Lipinski definition) is 10. The van der Waals surface area contributed by atoms with Gasteiger partial charge in [-0.1, -0.05) is 38.1 Å². The van der Waals surface area contributed by atoms with E-state index in [0.717, 1.165) is 16.3 Å². The first-order valence-electron chi connectivity index (χ1n) is 22.7. The minimum absolute atomic E-state index is 0.00979. The predicted molar refractivity (Wildman–Crippen MR) is 268 cm³/mol. The van der Waals surface area contributed by atoms with E-state index in [9.17, 15) is 39.0 Å². The Morgan fingerprint density at radius 1 is 0.814 bits per heavy atom. The average molecular weight is 970 g/mol. The molecule has 18 nitrogen and oxygen atoms in total. The number of carbonyl (C=O) groups excluding carboxylic acids is 6. The van der Waals surface area contributed by atoms with Crippen LogP contribution in [0.3, 0.4) is 0 Å². The molecule has 2 atom stereocenters. The van der Waals surface area contributed by atoms with Crippen LogP contribution in [-0.4, -0.2) is 84.4 Å². The van der Waals surface area contributed by atoms with Crippen molar-refractivity contribution < 1.29 is 43.7 Å². The van der Waals surface area contributed by atoms with Crippen molar-refractivity contribution in [2.45, 2.75) is 72.4 Å². The third-order valence-electron chi connectivity index (χ3n) is 12.2. The van der Waals surface area contributed by atoms with Gasteiger partial charge in [0, 0.05) is 107 Å². The molecule has 0 radical (unpaired) electrons. The maximum Gasteiger partial charge on any atom is 0.308 e. The summed E-state index contributed by atoms with van der Waals surface area (Å²) in [7, 11) is 0. The highest BCUT2D eigenvalue weighted by Crippen LogP contribution is 2.46. The molecule has 0 bridgehead atoms. The summed E-state index contributed by atoms with van der Waals surface area (Å²) in [5.41, 5.74) is 7.78. The van der Waals surface area contributed by atoms with Crippen molar-refractivity contribution in [3.63, 3.8) is 0 Å². The van der Waals surface area contributed by atoms with E-state index in [2.05, 4.69) is 36.4 Å². The van der Waals surface area contributed by atoms with Gasteiger partial charge in [0.25, 0.3) is 11.8 Å². The van der Waals surface area contributed by atoms with Crippen LogP contribution in [0.4, 0.5) is 17.1 Å². The van der Waals surface area contributed by atoms with E-state index in [-0.39, 0.29) is 72.8 Å². The van der Waals surface area contributed by atoms with Gasteiger partial charge < -0.3 is 45.8 Å². The summed E-state index contributed by atoms with van der Waals surface area (Å²) in [5, 5.41) is 35.5. The van der Waals surface area contributed by atoms with E-state index in [0.29, 0.717) is 68.1 Å². The summed E-state index contributed by atoms with van der Waals surface area (Å²) in [6, 6.07) is 23.6. The number of aryl methyl sites for hydroxylation is 1. The highest BCUT2D eigenvalue weighted by molar-refractivity contribution is 6.19. The van der Waals surface area contributed by atoms with Crippen LogP contribution in [0, 0.1) is 12.8 Å². The van der Waals surface area contributed by atoms with E-state index >= 15 is 0 Å². The van der Waals surface area contributed by atoms with Crippen LogP contribution in [0.1, 0.15) is 85.0 Å². The standard InChI is InChI=1S/C51H52ClN9O9/c1-26(2)47(57-43(63)15-10-28(4)58-59-44(64)16-17-60-45(65)18-27(3)50(60)68)49(67)54-34-12-13-37-30(19-34)21-39(55-37)48(66)53-33-11-14-38-31(20-33)22-40(56-38)51(69)61-25-32(24-52)46-36-9-7-6-8-35(36)42(23-41(46)61)70-29(5)62/h6-9,11-14,18-23,26,32,47,55-56,65,68H,10,15-17,24-25H2,1-5H3,(H,53,66)(H,54,67)(H,57,63)(H,59,64)/t32?,47-/m0/s1. The summed E-state index contributed by atoms with van der Waals surface area (Å²) in [6.45, 7) is 8.62. The van der Waals surface area contributed by atoms with Crippen LogP contribution in [-0.2, 0) is 25.7 Å². The number of esters is 1. The van der Waals surface area contributed by atoms with Crippen molar-refractivity contribution in [2.24, 2.45) is 11.0 Å². The van der Waals surface area contributed by atoms with E-state index in [1.807, 2.05) is 38.1 Å². The number of alkyl halides is 1. The van der Waals surface area contributed by atoms with Gasteiger partial charge in [-0.25, -0.2) is 5.43 Å². The number of aromatic nitrogens is 3. The number of amides is 5. The SMILES string of the molecule is CC(=O)Oc1cc2c(c3ccccc13)C(CCl)CN2C(=O)c1cc2cc(NC(=O)c3cc4cc(NC(=O)[C@@H](NC(=O)CCC(C)=NNC(=O)CCn5c(O)cc(C)c5O)C(C)C)ccc4[nH]3)ccc2[nH]1. The third kappa shape index (κ3) is 10.3. The molecule has 0 saturated carbocycles. The molecular formula is C51H52ClN9O9. The Hall–Kier alpha value is -8.12. The molecule has 70 heavy (non-hydrogen) atoms. The number of hydrogen-bond donors (Lipinski definition) is 8. The van der Waals surface area contributed by atoms with Crippen molar-refractivity contribution in [1.29, 1.82) is 0 Å². The van der Waals surface area contributed by atoms with Gasteiger partial charge in [-0.15, -0.1) is 11.6 Å². The second-order valence-electron chi connectivity index (χ2n) is 17.7. The van der Waals surface area contributed by atoms with E-state index in [1.165, 1.54) is 17.6 Å². The van der Waals surface area contributed by atoms with Crippen molar-refractivity contribution >= 4 is 102 Å². The lowest BCUT2D eigenvalue weighted by Crippen LogP contribution is -2.47. The Labute approximate surface area is 406 Å². The van der Waals surface area contributed by atoms with Crippen LogP contribution >= 0.6 is 11.6 Å². The first-order chi connectivity index (χ1) is 33.5. The quantitative estimate of drug-likeness (QED) is 0.0154. The van der Waals surface area contributed by atoms with Crippen LogP contribution in [0.25, 0.3) is 32.6 Å². The number of aromatic hydroxyl groups is 2. The molecule has 5 amide bonds. The largest absolute Gasteiger partial charge is 0.494 e. The molecule has 362 valence electrons. The van der Waals surface area contributed by atoms with Gasteiger partial charge in [-0.05, 0) is 85.7 Å². The molecule has 0 spiro atoms. The fourth-order valence-electron chi connectivity index (χ4n) is 8.63. The summed E-state index contributed by atoms with van der Waals surface area (Å²) >= 11 is 6.46. The number of H-pyrrole nitrogens is 2. The molecule has 4 heterocycles. The Kier molecular flexibility index (Phi) is 14.0. The number of hydrazone groups is 1. The normalized spacial score (nSPS) is 14.0. The summed E-state index contributed by atoms with van der Waals surface area (Å²) in [5.74, 6) is -2.49. The lowest BCUT2D eigenvalue weighted by atomic mass is 9.95. The van der Waals surface area contributed by atoms with Gasteiger partial charge in [0.2, 0.25) is 17.7 Å². The van der Waals surface area contributed by atoms with Gasteiger partial charge in [0.05, 0.1) is 5.69 Å². The Bertz CT molecular complexity index is 3260. The average Bonchev–Trinajstić information content (AvgIpc) is 4.11. The number of ether oxygens (including phenoxy) is 1. The number of nitrogens with one attached hydrogen (secondary N) is 6. The highest BCUT2D eigenvalue weighted by Gasteiger charge is 2.36. The molecule has 4 aromatic carbocycles. The minimum Gasteiger partial charge on any atom is -0.494 e. The van der Waals surface area contributed by atoms with Gasteiger partial charge >= 0.3 is 5.97 Å². The molecule has 1 aliphatic heterocycles. The van der Waals surface area contributed by atoms with Crippen molar-refractivity contribution in [3.8, 4) is 17.5 Å². The zero-order valence-electron chi connectivity index (χ0n) is 39.0. The first kappa shape index (κ1) is 48.3. The van der Waals surface area contributed by atoms with Gasteiger partial charge in [0.1, 0.15) is 23.2 Å². The molecule has 3 aromatic heterocycles. The minimum atomic E-state index is -0.868. The Balaban J connectivity index is 0.868. The maximum absolute atomic E-state index is 14.2. The molecule has 0 aliphatic carbocycles. The fourth-order valence-corrected chi connectivity index (χ4v) is 8.88. The number of anilines is 3. The number of carbonyl (C=O) groups is 6. The zero-order chi connectivity index (χ0) is 50.0. The summed E-state index contributed by atoms with van der Waals surface area (Å²) in [6.07, 6.45) is 0.170. The fraction of sp³-hybridized carbons (Fsp3) is 0.275. The number of benzene rings is 4. The molecule has 8 N–H and O–H groups in total. The second-order valence-corrected chi connectivity index (χ2v) is 18.0.